The van der Waals surface area contributed by atoms with Gasteiger partial charge in [-0.3, -0.25) is 9.69 Å². The smallest absolute Gasteiger partial charge is 0.176 e. The van der Waals surface area contributed by atoms with E-state index in [2.05, 4.69) is 6.92 Å². The second kappa shape index (κ2) is 7.55. The van der Waals surface area contributed by atoms with Gasteiger partial charge in [0.15, 0.2) is 5.78 Å². The molecule has 0 heterocycles. The van der Waals surface area contributed by atoms with Gasteiger partial charge in [0.2, 0.25) is 0 Å². The quantitative estimate of drug-likeness (QED) is 0.743. The van der Waals surface area contributed by atoms with E-state index in [0.717, 1.165) is 24.9 Å². The number of nitrogens with zero attached hydrogens (tertiary/aromatic N) is 1. The predicted octanol–water partition coefficient (Wildman–Crippen LogP) is 2.91. The van der Waals surface area contributed by atoms with Gasteiger partial charge in [-0.2, -0.15) is 0 Å². The largest absolute Gasteiger partial charge is 0.389 e. The molecule has 0 saturated carbocycles. The fourth-order valence-electron chi connectivity index (χ4n) is 2.27. The lowest BCUT2D eigenvalue weighted by Gasteiger charge is -2.27. The summed E-state index contributed by atoms with van der Waals surface area (Å²) in [7, 11) is 0. The Bertz CT molecular complexity index is 418. The molecule has 1 rings (SSSR count). The normalized spacial score (nSPS) is 11.9. The first-order valence-electron chi connectivity index (χ1n) is 7.42. The zero-order valence-corrected chi connectivity index (χ0v) is 13.1. The Kier molecular flexibility index (Phi) is 6.37. The number of benzene rings is 1. The third-order valence-electron chi connectivity index (χ3n) is 3.24. The van der Waals surface area contributed by atoms with E-state index in [1.807, 2.05) is 36.1 Å². The summed E-state index contributed by atoms with van der Waals surface area (Å²) in [6.45, 7) is 9.29. The van der Waals surface area contributed by atoms with Crippen LogP contribution in [0.2, 0.25) is 0 Å². The van der Waals surface area contributed by atoms with Crippen LogP contribution in [0.25, 0.3) is 0 Å². The van der Waals surface area contributed by atoms with Crippen molar-refractivity contribution in [2.24, 2.45) is 0 Å². The lowest BCUT2D eigenvalue weighted by Crippen LogP contribution is -2.41. The van der Waals surface area contributed by atoms with Crippen LogP contribution in [0, 0.1) is 0 Å². The van der Waals surface area contributed by atoms with Gasteiger partial charge in [-0.15, -0.1) is 0 Å². The van der Waals surface area contributed by atoms with Gasteiger partial charge >= 0.3 is 0 Å². The monoisotopic (exact) mass is 277 g/mol. The number of ketones is 1. The van der Waals surface area contributed by atoms with E-state index in [4.69, 9.17) is 0 Å². The maximum absolute atomic E-state index is 12.2. The van der Waals surface area contributed by atoms with Gasteiger partial charge in [0.1, 0.15) is 0 Å². The molecule has 0 bridgehead atoms. The number of hydrogen-bond acceptors (Lipinski definition) is 3. The van der Waals surface area contributed by atoms with E-state index < -0.39 is 5.60 Å². The molecule has 1 aromatic carbocycles. The van der Waals surface area contributed by atoms with Crippen molar-refractivity contribution in [2.75, 3.05) is 19.6 Å². The van der Waals surface area contributed by atoms with Crippen LogP contribution in [0.4, 0.5) is 0 Å². The fraction of sp³-hybridized carbons (Fsp3) is 0.588. The molecule has 0 aromatic heterocycles. The highest BCUT2D eigenvalue weighted by molar-refractivity contribution is 5.97. The number of likely N-dealkylation sites (N-methyl/N-ethyl adjacent to an activating group) is 1. The number of aliphatic hydroxyl groups is 1. The van der Waals surface area contributed by atoms with Crippen LogP contribution in [-0.4, -0.2) is 41.0 Å². The number of Topliss-reactive ketones (excluding diaryl/α,β-unsaturated/α-hetero) is 1. The third-order valence-corrected chi connectivity index (χ3v) is 3.24. The molecule has 0 radical (unpaired) electrons. The van der Waals surface area contributed by atoms with Crippen LogP contribution in [0.5, 0.6) is 0 Å². The minimum Gasteiger partial charge on any atom is -0.389 e. The second-order valence-electron chi connectivity index (χ2n) is 5.99. The fourth-order valence-corrected chi connectivity index (χ4v) is 2.27. The predicted molar refractivity (Wildman–Crippen MR) is 83.2 cm³/mol. The van der Waals surface area contributed by atoms with Crippen molar-refractivity contribution in [3.8, 4) is 0 Å². The summed E-state index contributed by atoms with van der Waals surface area (Å²) in [6, 6.07) is 7.88. The molecule has 0 aliphatic heterocycles. The van der Waals surface area contributed by atoms with E-state index in [1.54, 1.807) is 13.8 Å². The minimum atomic E-state index is -0.777. The van der Waals surface area contributed by atoms with Crippen LogP contribution < -0.4 is 0 Å². The number of carbonyl (C=O) groups is 1. The molecular weight excluding hydrogens is 250 g/mol. The molecule has 0 spiro atoms. The number of carbonyl (C=O) groups excluding carboxylic acids is 1. The van der Waals surface area contributed by atoms with E-state index in [0.29, 0.717) is 13.1 Å². The zero-order valence-electron chi connectivity index (χ0n) is 13.1. The Labute approximate surface area is 122 Å². The standard InChI is InChI=1S/C17H27NO2/c1-5-7-14-8-10-15(11-9-14)16(19)12-18(6-2)13-17(3,4)20/h8-11,20H,5-7,12-13H2,1-4H3. The number of hydrogen-bond donors (Lipinski definition) is 1. The molecule has 0 atom stereocenters. The van der Waals surface area contributed by atoms with Gasteiger partial charge in [-0.25, -0.2) is 0 Å². The molecule has 0 fully saturated rings. The lowest BCUT2D eigenvalue weighted by atomic mass is 10.0. The second-order valence-corrected chi connectivity index (χ2v) is 5.99. The Balaban J connectivity index is 2.64. The summed E-state index contributed by atoms with van der Waals surface area (Å²) >= 11 is 0. The molecular formula is C17H27NO2. The highest BCUT2D eigenvalue weighted by Gasteiger charge is 2.19. The maximum Gasteiger partial charge on any atom is 0.176 e. The molecule has 0 saturated heterocycles. The molecule has 112 valence electrons. The van der Waals surface area contributed by atoms with E-state index >= 15 is 0 Å². The summed E-state index contributed by atoms with van der Waals surface area (Å²) in [5.41, 5.74) is 1.24. The molecule has 0 aliphatic carbocycles. The van der Waals surface area contributed by atoms with Crippen LogP contribution in [-0.2, 0) is 6.42 Å². The molecule has 20 heavy (non-hydrogen) atoms. The Hall–Kier alpha value is -1.19. The molecule has 0 amide bonds. The molecule has 1 aromatic rings. The Morgan fingerprint density at radius 1 is 1.20 bits per heavy atom. The van der Waals surface area contributed by atoms with Gasteiger partial charge in [-0.1, -0.05) is 44.5 Å². The molecule has 0 unspecified atom stereocenters. The summed E-state index contributed by atoms with van der Waals surface area (Å²) in [5, 5.41) is 9.85. The van der Waals surface area contributed by atoms with Gasteiger partial charge in [0.25, 0.3) is 0 Å². The highest BCUT2D eigenvalue weighted by Crippen LogP contribution is 2.10. The molecule has 3 heteroatoms. The van der Waals surface area contributed by atoms with Crippen molar-refractivity contribution < 1.29 is 9.90 Å². The average Bonchev–Trinajstić information content (AvgIpc) is 2.37. The highest BCUT2D eigenvalue weighted by atomic mass is 16.3. The summed E-state index contributed by atoms with van der Waals surface area (Å²) in [6.07, 6.45) is 2.16. The number of rotatable bonds is 8. The SMILES string of the molecule is CCCc1ccc(C(=O)CN(CC)CC(C)(C)O)cc1. The van der Waals surface area contributed by atoms with Crippen LogP contribution in [0.1, 0.15) is 50.0 Å². The van der Waals surface area contributed by atoms with Gasteiger partial charge in [0, 0.05) is 12.1 Å². The summed E-state index contributed by atoms with van der Waals surface area (Å²) < 4.78 is 0. The minimum absolute atomic E-state index is 0.110. The zero-order chi connectivity index (χ0) is 15.2. The van der Waals surface area contributed by atoms with Crippen LogP contribution >= 0.6 is 0 Å². The van der Waals surface area contributed by atoms with Gasteiger partial charge < -0.3 is 5.11 Å². The van der Waals surface area contributed by atoms with E-state index in [-0.39, 0.29) is 5.78 Å². The van der Waals surface area contributed by atoms with Crippen molar-refractivity contribution in [3.05, 3.63) is 35.4 Å². The molecule has 3 nitrogen and oxygen atoms in total. The van der Waals surface area contributed by atoms with Gasteiger partial charge in [0.05, 0.1) is 12.1 Å². The Morgan fingerprint density at radius 3 is 2.25 bits per heavy atom. The van der Waals surface area contributed by atoms with Crippen molar-refractivity contribution in [2.45, 2.75) is 46.1 Å². The average molecular weight is 277 g/mol. The molecule has 0 aliphatic rings. The Morgan fingerprint density at radius 2 is 1.80 bits per heavy atom. The van der Waals surface area contributed by atoms with Crippen molar-refractivity contribution in [1.82, 2.24) is 4.90 Å². The van der Waals surface area contributed by atoms with Crippen LogP contribution in [0.3, 0.4) is 0 Å². The lowest BCUT2D eigenvalue weighted by molar-refractivity contribution is 0.0376. The first-order valence-corrected chi connectivity index (χ1v) is 7.42. The van der Waals surface area contributed by atoms with Crippen LogP contribution in [0.15, 0.2) is 24.3 Å². The van der Waals surface area contributed by atoms with E-state index in [9.17, 15) is 9.90 Å². The van der Waals surface area contributed by atoms with Gasteiger partial charge in [-0.05, 0) is 32.4 Å². The molecule has 1 N–H and O–H groups in total. The first kappa shape index (κ1) is 16.9. The van der Waals surface area contributed by atoms with E-state index in [1.165, 1.54) is 5.56 Å². The summed E-state index contributed by atoms with van der Waals surface area (Å²) in [5.74, 6) is 0.110. The van der Waals surface area contributed by atoms with Crippen molar-refractivity contribution in [1.29, 1.82) is 0 Å². The third kappa shape index (κ3) is 5.85. The topological polar surface area (TPSA) is 40.5 Å². The first-order chi connectivity index (χ1) is 9.35. The maximum atomic E-state index is 12.2. The summed E-state index contributed by atoms with van der Waals surface area (Å²) in [4.78, 5) is 14.2. The van der Waals surface area contributed by atoms with Crippen molar-refractivity contribution >= 4 is 5.78 Å². The number of aryl methyl sites for hydroxylation is 1. The van der Waals surface area contributed by atoms with Crippen molar-refractivity contribution in [3.63, 3.8) is 0 Å².